The normalized spacial score (nSPS) is 15.8. The quantitative estimate of drug-likeness (QED) is 0.656. The number of rotatable bonds is 4. The van der Waals surface area contributed by atoms with Gasteiger partial charge in [-0.25, -0.2) is 9.18 Å². The zero-order chi connectivity index (χ0) is 14.7. The maximum atomic E-state index is 13.8. The fourth-order valence-corrected chi connectivity index (χ4v) is 3.16. The SMILES string of the molecule is O=C(O)c1cc(NC2CCSCC2)c(F)cc1[N+](=O)[O-]. The summed E-state index contributed by atoms with van der Waals surface area (Å²) in [6, 6.07) is 1.72. The van der Waals surface area contributed by atoms with E-state index in [0.29, 0.717) is 6.07 Å². The van der Waals surface area contributed by atoms with Crippen LogP contribution in [0.2, 0.25) is 0 Å². The molecule has 6 nitrogen and oxygen atoms in total. The Labute approximate surface area is 118 Å². The molecule has 108 valence electrons. The second-order valence-electron chi connectivity index (χ2n) is 4.44. The summed E-state index contributed by atoms with van der Waals surface area (Å²) in [4.78, 5) is 20.9. The molecule has 0 unspecified atom stereocenters. The van der Waals surface area contributed by atoms with E-state index in [1.807, 2.05) is 11.8 Å². The van der Waals surface area contributed by atoms with Crippen molar-refractivity contribution in [3.63, 3.8) is 0 Å². The van der Waals surface area contributed by atoms with E-state index in [0.717, 1.165) is 30.4 Å². The molecule has 1 aliphatic rings. The number of hydrogen-bond donors (Lipinski definition) is 2. The summed E-state index contributed by atoms with van der Waals surface area (Å²) in [5, 5.41) is 22.6. The van der Waals surface area contributed by atoms with Gasteiger partial charge in [0, 0.05) is 6.04 Å². The highest BCUT2D eigenvalue weighted by atomic mass is 32.2. The number of nitrogens with zero attached hydrogens (tertiary/aromatic N) is 1. The van der Waals surface area contributed by atoms with Crippen LogP contribution in [-0.4, -0.2) is 33.5 Å². The zero-order valence-corrected chi connectivity index (χ0v) is 11.3. The molecule has 0 aromatic heterocycles. The molecule has 20 heavy (non-hydrogen) atoms. The number of nitro groups is 1. The molecule has 8 heteroatoms. The number of carboxylic acids is 1. The van der Waals surface area contributed by atoms with E-state index in [-0.39, 0.29) is 11.7 Å². The molecular formula is C12H13FN2O4S. The van der Waals surface area contributed by atoms with Crippen LogP contribution in [0.1, 0.15) is 23.2 Å². The molecule has 1 aliphatic heterocycles. The summed E-state index contributed by atoms with van der Waals surface area (Å²) in [6.07, 6.45) is 1.70. The van der Waals surface area contributed by atoms with Crippen LogP contribution in [0, 0.1) is 15.9 Å². The number of carbonyl (C=O) groups is 1. The third-order valence-electron chi connectivity index (χ3n) is 3.09. The zero-order valence-electron chi connectivity index (χ0n) is 10.5. The van der Waals surface area contributed by atoms with Crippen molar-refractivity contribution in [3.8, 4) is 0 Å². The maximum Gasteiger partial charge on any atom is 0.342 e. The lowest BCUT2D eigenvalue weighted by Crippen LogP contribution is -2.25. The van der Waals surface area contributed by atoms with E-state index in [1.54, 1.807) is 0 Å². The summed E-state index contributed by atoms with van der Waals surface area (Å²) in [5.41, 5.74) is -1.24. The van der Waals surface area contributed by atoms with E-state index in [1.165, 1.54) is 0 Å². The summed E-state index contributed by atoms with van der Waals surface area (Å²) < 4.78 is 13.8. The number of benzene rings is 1. The molecular weight excluding hydrogens is 287 g/mol. The van der Waals surface area contributed by atoms with Gasteiger partial charge in [-0.3, -0.25) is 10.1 Å². The van der Waals surface area contributed by atoms with Gasteiger partial charge in [-0.15, -0.1) is 0 Å². The van der Waals surface area contributed by atoms with Crippen LogP contribution in [-0.2, 0) is 0 Å². The Morgan fingerprint density at radius 1 is 1.45 bits per heavy atom. The molecule has 1 saturated heterocycles. The number of aromatic carboxylic acids is 1. The Hall–Kier alpha value is -1.83. The van der Waals surface area contributed by atoms with E-state index in [2.05, 4.69) is 5.32 Å². The van der Waals surface area contributed by atoms with Gasteiger partial charge in [0.1, 0.15) is 5.56 Å². The topological polar surface area (TPSA) is 92.5 Å². The minimum Gasteiger partial charge on any atom is -0.477 e. The van der Waals surface area contributed by atoms with E-state index in [4.69, 9.17) is 5.11 Å². The van der Waals surface area contributed by atoms with Crippen LogP contribution in [0.25, 0.3) is 0 Å². The smallest absolute Gasteiger partial charge is 0.342 e. The van der Waals surface area contributed by atoms with Crippen molar-refractivity contribution in [2.75, 3.05) is 16.8 Å². The summed E-state index contributed by atoms with van der Waals surface area (Å²) in [7, 11) is 0. The van der Waals surface area contributed by atoms with E-state index >= 15 is 0 Å². The maximum absolute atomic E-state index is 13.8. The van der Waals surface area contributed by atoms with Gasteiger partial charge >= 0.3 is 5.97 Å². The van der Waals surface area contributed by atoms with Crippen molar-refractivity contribution in [1.82, 2.24) is 0 Å². The van der Waals surface area contributed by atoms with Gasteiger partial charge in [-0.2, -0.15) is 11.8 Å². The third kappa shape index (κ3) is 3.19. The third-order valence-corrected chi connectivity index (χ3v) is 4.14. The molecule has 0 atom stereocenters. The van der Waals surface area contributed by atoms with Gasteiger partial charge in [0.15, 0.2) is 5.82 Å². The Morgan fingerprint density at radius 3 is 2.65 bits per heavy atom. The number of carboxylic acid groups (broad SMARTS) is 1. The molecule has 1 heterocycles. The molecule has 0 radical (unpaired) electrons. The van der Waals surface area contributed by atoms with Crippen LogP contribution in [0.4, 0.5) is 15.8 Å². The highest BCUT2D eigenvalue weighted by molar-refractivity contribution is 7.99. The predicted molar refractivity (Wildman–Crippen MR) is 74.0 cm³/mol. The molecule has 0 spiro atoms. The number of nitrogens with one attached hydrogen (secondary N) is 1. The average Bonchev–Trinajstić information content (AvgIpc) is 2.41. The van der Waals surface area contributed by atoms with Crippen LogP contribution >= 0.6 is 11.8 Å². The molecule has 0 amide bonds. The van der Waals surface area contributed by atoms with Crippen molar-refractivity contribution in [1.29, 1.82) is 0 Å². The molecule has 0 bridgehead atoms. The Kier molecular flexibility index (Phi) is 4.43. The number of nitro benzene ring substituents is 1. The molecule has 1 aromatic rings. The summed E-state index contributed by atoms with van der Waals surface area (Å²) in [5.74, 6) is -0.338. The van der Waals surface area contributed by atoms with Crippen molar-refractivity contribution < 1.29 is 19.2 Å². The summed E-state index contributed by atoms with van der Waals surface area (Å²) >= 11 is 1.81. The first-order chi connectivity index (χ1) is 9.49. The lowest BCUT2D eigenvalue weighted by molar-refractivity contribution is -0.385. The largest absolute Gasteiger partial charge is 0.477 e. The second-order valence-corrected chi connectivity index (χ2v) is 5.67. The van der Waals surface area contributed by atoms with Gasteiger partial charge in [0.2, 0.25) is 0 Å². The van der Waals surface area contributed by atoms with Gasteiger partial charge in [-0.05, 0) is 30.4 Å². The van der Waals surface area contributed by atoms with E-state index in [9.17, 15) is 19.3 Å². The highest BCUT2D eigenvalue weighted by Crippen LogP contribution is 2.28. The fourth-order valence-electron chi connectivity index (χ4n) is 2.06. The van der Waals surface area contributed by atoms with Crippen LogP contribution in [0.5, 0.6) is 0 Å². The van der Waals surface area contributed by atoms with E-state index < -0.39 is 28.0 Å². The highest BCUT2D eigenvalue weighted by Gasteiger charge is 2.24. The van der Waals surface area contributed by atoms with Gasteiger partial charge in [-0.1, -0.05) is 0 Å². The van der Waals surface area contributed by atoms with Gasteiger partial charge < -0.3 is 10.4 Å². The van der Waals surface area contributed by atoms with Gasteiger partial charge in [0.05, 0.1) is 16.7 Å². The van der Waals surface area contributed by atoms with Crippen molar-refractivity contribution in [2.45, 2.75) is 18.9 Å². The monoisotopic (exact) mass is 300 g/mol. The molecule has 0 aliphatic carbocycles. The van der Waals surface area contributed by atoms with Gasteiger partial charge in [0.25, 0.3) is 5.69 Å². The fraction of sp³-hybridized carbons (Fsp3) is 0.417. The molecule has 0 saturated carbocycles. The minimum absolute atomic E-state index is 0.00454. The second kappa shape index (κ2) is 6.08. The number of anilines is 1. The van der Waals surface area contributed by atoms with Crippen LogP contribution in [0.15, 0.2) is 12.1 Å². The number of thioether (sulfide) groups is 1. The first kappa shape index (κ1) is 14.6. The molecule has 1 fully saturated rings. The number of hydrogen-bond acceptors (Lipinski definition) is 5. The van der Waals surface area contributed by atoms with Crippen LogP contribution in [0.3, 0.4) is 0 Å². The standard InChI is InChI=1S/C12H13FN2O4S/c13-9-6-11(15(18)19)8(12(16)17)5-10(9)14-7-1-3-20-4-2-7/h5-7,14H,1-4H2,(H,16,17). The average molecular weight is 300 g/mol. The first-order valence-corrected chi connectivity index (χ1v) is 7.20. The van der Waals surface area contributed by atoms with Crippen molar-refractivity contribution in [3.05, 3.63) is 33.6 Å². The van der Waals surface area contributed by atoms with Crippen LogP contribution < -0.4 is 5.32 Å². The first-order valence-electron chi connectivity index (χ1n) is 6.04. The van der Waals surface area contributed by atoms with Crippen molar-refractivity contribution >= 4 is 29.1 Å². The molecule has 2 rings (SSSR count). The number of halogens is 1. The molecule has 1 aromatic carbocycles. The minimum atomic E-state index is -1.45. The molecule has 2 N–H and O–H groups in total. The summed E-state index contributed by atoms with van der Waals surface area (Å²) in [6.45, 7) is 0. The Morgan fingerprint density at radius 2 is 2.10 bits per heavy atom. The van der Waals surface area contributed by atoms with Crippen molar-refractivity contribution in [2.24, 2.45) is 0 Å². The Balaban J connectivity index is 2.31. The Bertz CT molecular complexity index is 547. The lowest BCUT2D eigenvalue weighted by atomic mass is 10.1. The predicted octanol–water partition coefficient (Wildman–Crippen LogP) is 2.74. The lowest BCUT2D eigenvalue weighted by Gasteiger charge is -2.24.